The molecule has 0 amide bonds. The van der Waals surface area contributed by atoms with Gasteiger partial charge in [-0.05, 0) is 30.2 Å². The number of nitrogens with two attached hydrogens (primary N) is 1. The third-order valence-electron chi connectivity index (χ3n) is 1.95. The molecular formula is C11H17ClN2. The fourth-order valence-electron chi connectivity index (χ4n) is 1.19. The Morgan fingerprint density at radius 2 is 2.14 bits per heavy atom. The molecule has 1 aromatic carbocycles. The van der Waals surface area contributed by atoms with Crippen LogP contribution in [-0.2, 0) is 6.54 Å². The highest BCUT2D eigenvalue weighted by molar-refractivity contribution is 6.33. The normalized spacial score (nSPS) is 10.9. The third-order valence-corrected chi connectivity index (χ3v) is 2.27. The highest BCUT2D eigenvalue weighted by atomic mass is 35.5. The van der Waals surface area contributed by atoms with E-state index in [9.17, 15) is 0 Å². The van der Waals surface area contributed by atoms with Gasteiger partial charge in [0.1, 0.15) is 0 Å². The predicted octanol–water partition coefficient (Wildman–Crippen LogP) is 2.67. The SMILES string of the molecule is CC(C)CNCc1ccc(N)c(Cl)c1. The van der Waals surface area contributed by atoms with Gasteiger partial charge in [0.25, 0.3) is 0 Å². The molecule has 0 atom stereocenters. The Balaban J connectivity index is 2.47. The second-order valence-electron chi connectivity index (χ2n) is 3.88. The minimum atomic E-state index is 0.633. The second-order valence-corrected chi connectivity index (χ2v) is 4.29. The molecule has 1 aromatic rings. The Labute approximate surface area is 90.4 Å². The molecule has 0 radical (unpaired) electrons. The molecule has 0 saturated heterocycles. The van der Waals surface area contributed by atoms with Crippen LogP contribution in [-0.4, -0.2) is 6.54 Å². The molecule has 0 aliphatic rings. The first kappa shape index (κ1) is 11.3. The molecule has 2 nitrogen and oxygen atoms in total. The zero-order chi connectivity index (χ0) is 10.6. The summed E-state index contributed by atoms with van der Waals surface area (Å²) in [7, 11) is 0. The maximum absolute atomic E-state index is 5.90. The van der Waals surface area contributed by atoms with Gasteiger partial charge in [0.2, 0.25) is 0 Å². The Morgan fingerprint density at radius 3 is 2.71 bits per heavy atom. The van der Waals surface area contributed by atoms with Crippen LogP contribution in [0.1, 0.15) is 19.4 Å². The van der Waals surface area contributed by atoms with Gasteiger partial charge in [0.05, 0.1) is 10.7 Å². The molecule has 78 valence electrons. The molecule has 14 heavy (non-hydrogen) atoms. The van der Waals surface area contributed by atoms with Crippen LogP contribution in [0.3, 0.4) is 0 Å². The Kier molecular flexibility index (Phi) is 4.23. The van der Waals surface area contributed by atoms with Gasteiger partial charge in [-0.2, -0.15) is 0 Å². The molecule has 0 spiro atoms. The van der Waals surface area contributed by atoms with E-state index in [2.05, 4.69) is 19.2 Å². The molecule has 0 saturated carbocycles. The van der Waals surface area contributed by atoms with Crippen molar-refractivity contribution in [2.45, 2.75) is 20.4 Å². The number of benzene rings is 1. The van der Waals surface area contributed by atoms with E-state index >= 15 is 0 Å². The molecule has 0 fully saturated rings. The van der Waals surface area contributed by atoms with E-state index in [0.29, 0.717) is 16.6 Å². The summed E-state index contributed by atoms with van der Waals surface area (Å²) >= 11 is 5.90. The molecular weight excluding hydrogens is 196 g/mol. The number of anilines is 1. The summed E-state index contributed by atoms with van der Waals surface area (Å²) in [5, 5.41) is 3.98. The fourth-order valence-corrected chi connectivity index (χ4v) is 1.39. The van der Waals surface area contributed by atoms with E-state index < -0.39 is 0 Å². The van der Waals surface area contributed by atoms with Crippen molar-refractivity contribution >= 4 is 17.3 Å². The Hall–Kier alpha value is -0.730. The number of halogens is 1. The number of hydrogen-bond donors (Lipinski definition) is 2. The lowest BCUT2D eigenvalue weighted by Crippen LogP contribution is -2.18. The van der Waals surface area contributed by atoms with Crippen LogP contribution in [0.25, 0.3) is 0 Å². The van der Waals surface area contributed by atoms with Crippen LogP contribution >= 0.6 is 11.6 Å². The predicted molar refractivity (Wildman–Crippen MR) is 62.4 cm³/mol. The van der Waals surface area contributed by atoms with Crippen LogP contribution in [0, 0.1) is 5.92 Å². The van der Waals surface area contributed by atoms with Crippen LogP contribution in [0.15, 0.2) is 18.2 Å². The Bertz CT molecular complexity index is 297. The van der Waals surface area contributed by atoms with Crippen LogP contribution < -0.4 is 11.1 Å². The molecule has 0 aromatic heterocycles. The quantitative estimate of drug-likeness (QED) is 0.754. The summed E-state index contributed by atoms with van der Waals surface area (Å²) in [6, 6.07) is 5.74. The topological polar surface area (TPSA) is 38.0 Å². The van der Waals surface area contributed by atoms with E-state index in [-0.39, 0.29) is 0 Å². The van der Waals surface area contributed by atoms with Crippen molar-refractivity contribution in [3.8, 4) is 0 Å². The van der Waals surface area contributed by atoms with E-state index in [1.54, 1.807) is 0 Å². The highest BCUT2D eigenvalue weighted by Gasteiger charge is 1.98. The number of hydrogen-bond acceptors (Lipinski definition) is 2. The minimum Gasteiger partial charge on any atom is -0.398 e. The van der Waals surface area contributed by atoms with Crippen molar-refractivity contribution in [1.29, 1.82) is 0 Å². The molecule has 0 aliphatic carbocycles. The van der Waals surface area contributed by atoms with Crippen LogP contribution in [0.5, 0.6) is 0 Å². The summed E-state index contributed by atoms with van der Waals surface area (Å²) < 4.78 is 0. The Morgan fingerprint density at radius 1 is 1.43 bits per heavy atom. The van der Waals surface area contributed by atoms with Crippen molar-refractivity contribution in [2.24, 2.45) is 5.92 Å². The molecule has 3 heteroatoms. The van der Waals surface area contributed by atoms with Gasteiger partial charge in [-0.3, -0.25) is 0 Å². The maximum Gasteiger partial charge on any atom is 0.0638 e. The van der Waals surface area contributed by atoms with Crippen LogP contribution in [0.4, 0.5) is 5.69 Å². The first-order chi connectivity index (χ1) is 6.59. The summed E-state index contributed by atoms with van der Waals surface area (Å²) in [5.74, 6) is 0.666. The molecule has 1 rings (SSSR count). The lowest BCUT2D eigenvalue weighted by Gasteiger charge is -2.08. The standard InChI is InChI=1S/C11H17ClN2/c1-8(2)6-14-7-9-3-4-11(13)10(12)5-9/h3-5,8,14H,6-7,13H2,1-2H3. The zero-order valence-corrected chi connectivity index (χ0v) is 9.43. The van der Waals surface area contributed by atoms with Gasteiger partial charge in [0.15, 0.2) is 0 Å². The second kappa shape index (κ2) is 5.23. The minimum absolute atomic E-state index is 0.633. The van der Waals surface area contributed by atoms with Crippen LogP contribution in [0.2, 0.25) is 5.02 Å². The van der Waals surface area contributed by atoms with Crippen molar-refractivity contribution < 1.29 is 0 Å². The molecule has 0 aliphatic heterocycles. The van der Waals surface area contributed by atoms with Gasteiger partial charge in [0, 0.05) is 6.54 Å². The van der Waals surface area contributed by atoms with E-state index in [1.165, 1.54) is 5.56 Å². The van der Waals surface area contributed by atoms with Crippen molar-refractivity contribution in [3.63, 3.8) is 0 Å². The summed E-state index contributed by atoms with van der Waals surface area (Å²) in [6.45, 7) is 6.23. The van der Waals surface area contributed by atoms with Crippen molar-refractivity contribution in [1.82, 2.24) is 5.32 Å². The lowest BCUT2D eigenvalue weighted by atomic mass is 10.2. The first-order valence-corrected chi connectivity index (χ1v) is 5.22. The molecule has 0 bridgehead atoms. The largest absolute Gasteiger partial charge is 0.398 e. The highest BCUT2D eigenvalue weighted by Crippen LogP contribution is 2.19. The molecule has 3 N–H and O–H groups in total. The average molecular weight is 213 g/mol. The van der Waals surface area contributed by atoms with Crippen molar-refractivity contribution in [2.75, 3.05) is 12.3 Å². The maximum atomic E-state index is 5.90. The number of nitrogen functional groups attached to an aromatic ring is 1. The summed E-state index contributed by atoms with van der Waals surface area (Å²) in [4.78, 5) is 0. The first-order valence-electron chi connectivity index (χ1n) is 4.84. The smallest absolute Gasteiger partial charge is 0.0638 e. The average Bonchev–Trinajstić information content (AvgIpc) is 2.10. The van der Waals surface area contributed by atoms with Gasteiger partial charge >= 0.3 is 0 Å². The zero-order valence-electron chi connectivity index (χ0n) is 8.68. The lowest BCUT2D eigenvalue weighted by molar-refractivity contribution is 0.552. The summed E-state index contributed by atoms with van der Waals surface area (Å²) in [5.41, 5.74) is 7.42. The third kappa shape index (κ3) is 3.56. The molecule has 0 heterocycles. The van der Waals surface area contributed by atoms with E-state index in [4.69, 9.17) is 17.3 Å². The number of nitrogens with one attached hydrogen (secondary N) is 1. The van der Waals surface area contributed by atoms with Gasteiger partial charge < -0.3 is 11.1 Å². The van der Waals surface area contributed by atoms with Gasteiger partial charge in [-0.15, -0.1) is 0 Å². The summed E-state index contributed by atoms with van der Waals surface area (Å²) in [6.07, 6.45) is 0. The van der Waals surface area contributed by atoms with Gasteiger partial charge in [-0.1, -0.05) is 31.5 Å². The van der Waals surface area contributed by atoms with Gasteiger partial charge in [-0.25, -0.2) is 0 Å². The van der Waals surface area contributed by atoms with E-state index in [0.717, 1.165) is 13.1 Å². The monoisotopic (exact) mass is 212 g/mol. The fraction of sp³-hybridized carbons (Fsp3) is 0.455. The van der Waals surface area contributed by atoms with E-state index in [1.807, 2.05) is 18.2 Å². The van der Waals surface area contributed by atoms with Crippen molar-refractivity contribution in [3.05, 3.63) is 28.8 Å². The molecule has 0 unspecified atom stereocenters. The number of rotatable bonds is 4.